The van der Waals surface area contributed by atoms with Crippen LogP contribution in [0.3, 0.4) is 0 Å². The smallest absolute Gasteiger partial charge is 0.299 e. The number of nitriles is 1. The number of halogens is 2. The summed E-state index contributed by atoms with van der Waals surface area (Å²) in [5.74, 6) is 0.460. The molecular weight excluding hydrogens is 447 g/mol. The van der Waals surface area contributed by atoms with E-state index >= 15 is 0 Å². The molecule has 2 fully saturated rings. The maximum Gasteiger partial charge on any atom is 0.299 e. The van der Waals surface area contributed by atoms with Gasteiger partial charge in [-0.2, -0.15) is 10.2 Å². The van der Waals surface area contributed by atoms with Crippen molar-refractivity contribution in [2.24, 2.45) is 5.92 Å². The number of nitrogens with one attached hydrogen (secondary N) is 1. The second kappa shape index (κ2) is 7.81. The van der Waals surface area contributed by atoms with Crippen molar-refractivity contribution in [1.29, 1.82) is 5.26 Å². The van der Waals surface area contributed by atoms with Crippen molar-refractivity contribution in [2.75, 3.05) is 23.3 Å². The molecule has 0 radical (unpaired) electrons. The van der Waals surface area contributed by atoms with Gasteiger partial charge in [-0.15, -0.1) is 0 Å². The van der Waals surface area contributed by atoms with Crippen molar-refractivity contribution >= 4 is 40.6 Å². The minimum atomic E-state index is -1.18. The predicted octanol–water partition coefficient (Wildman–Crippen LogP) is 4.11. The highest BCUT2D eigenvalue weighted by molar-refractivity contribution is 6.29. The lowest BCUT2D eigenvalue weighted by molar-refractivity contribution is -0.120. The minimum absolute atomic E-state index is 0.00624. The summed E-state index contributed by atoms with van der Waals surface area (Å²) in [5, 5.41) is 13.2. The van der Waals surface area contributed by atoms with Crippen molar-refractivity contribution in [3.05, 3.63) is 46.2 Å². The Hall–Kier alpha value is -3.51. The third-order valence-corrected chi connectivity index (χ3v) is 6.42. The number of benzene rings is 1. The van der Waals surface area contributed by atoms with Crippen LogP contribution in [0.5, 0.6) is 5.88 Å². The molecule has 33 heavy (non-hydrogen) atoms. The van der Waals surface area contributed by atoms with Crippen LogP contribution < -0.4 is 15.0 Å². The molecule has 5 rings (SSSR count). The second-order valence-electron chi connectivity index (χ2n) is 8.61. The standard InChI is InChI=1S/C23H20ClFN6O2/c1-12-5-15(13(2)27-16-3-4-19(24)29-22(16)33-11-32)20-17(6-12)28-18(8-26)21(30-20)31-9-14-7-23(14,25)10-31/h3-6,11,13-14,27H,7,9-10H2,1-2H3/t13-,14?,23+/m1/s1. The molecule has 2 aliphatic rings. The maximum atomic E-state index is 14.6. The SMILES string of the molecule is Cc1cc([C@@H](C)Nc2ccc(Cl)nc2OC=O)c2nc(N3CC4C[C@]4(F)C3)c(C#N)nc2c1. The molecule has 10 heteroatoms. The van der Waals surface area contributed by atoms with Crippen LogP contribution >= 0.6 is 11.6 Å². The summed E-state index contributed by atoms with van der Waals surface area (Å²) in [7, 11) is 0. The minimum Gasteiger partial charge on any atom is -0.407 e. The highest BCUT2D eigenvalue weighted by Crippen LogP contribution is 2.53. The summed E-state index contributed by atoms with van der Waals surface area (Å²) < 4.78 is 19.5. The van der Waals surface area contributed by atoms with Crippen LogP contribution in [0.2, 0.25) is 5.15 Å². The molecule has 1 N–H and O–H groups in total. The van der Waals surface area contributed by atoms with E-state index in [0.717, 1.165) is 11.1 Å². The Morgan fingerprint density at radius 2 is 2.21 bits per heavy atom. The lowest BCUT2D eigenvalue weighted by Crippen LogP contribution is -2.27. The summed E-state index contributed by atoms with van der Waals surface area (Å²) in [4.78, 5) is 26.1. The fourth-order valence-electron chi connectivity index (χ4n) is 4.50. The first-order valence-corrected chi connectivity index (χ1v) is 10.9. The van der Waals surface area contributed by atoms with Gasteiger partial charge < -0.3 is 15.0 Å². The van der Waals surface area contributed by atoms with Crippen molar-refractivity contribution in [2.45, 2.75) is 32.0 Å². The van der Waals surface area contributed by atoms with Gasteiger partial charge in [0.15, 0.2) is 11.5 Å². The van der Waals surface area contributed by atoms with E-state index in [1.807, 2.05) is 30.9 Å². The highest BCUT2D eigenvalue weighted by atomic mass is 35.5. The predicted molar refractivity (Wildman–Crippen MR) is 121 cm³/mol. The summed E-state index contributed by atoms with van der Waals surface area (Å²) >= 11 is 5.93. The quantitative estimate of drug-likeness (QED) is 0.427. The average molecular weight is 467 g/mol. The van der Waals surface area contributed by atoms with E-state index < -0.39 is 5.67 Å². The normalized spacial score (nSPS) is 21.9. The van der Waals surface area contributed by atoms with Crippen molar-refractivity contribution in [1.82, 2.24) is 15.0 Å². The van der Waals surface area contributed by atoms with Crippen LogP contribution in [-0.4, -0.2) is 40.2 Å². The molecule has 1 aromatic carbocycles. The van der Waals surface area contributed by atoms with Crippen molar-refractivity contribution < 1.29 is 13.9 Å². The zero-order valence-corrected chi connectivity index (χ0v) is 18.7. The van der Waals surface area contributed by atoms with Gasteiger partial charge in [-0.25, -0.2) is 14.4 Å². The number of piperidine rings is 1. The number of hydrogen-bond acceptors (Lipinski definition) is 8. The van der Waals surface area contributed by atoms with E-state index in [9.17, 15) is 14.4 Å². The van der Waals surface area contributed by atoms with E-state index in [0.29, 0.717) is 35.5 Å². The first-order chi connectivity index (χ1) is 15.8. The number of fused-ring (bicyclic) bond motifs is 2. The van der Waals surface area contributed by atoms with Gasteiger partial charge in [-0.05, 0) is 44.0 Å². The van der Waals surface area contributed by atoms with Gasteiger partial charge in [0, 0.05) is 18.0 Å². The maximum absolute atomic E-state index is 14.6. The van der Waals surface area contributed by atoms with Gasteiger partial charge >= 0.3 is 0 Å². The van der Waals surface area contributed by atoms with E-state index in [2.05, 4.69) is 21.4 Å². The van der Waals surface area contributed by atoms with Crippen LogP contribution in [-0.2, 0) is 4.79 Å². The second-order valence-corrected chi connectivity index (χ2v) is 9.00. The molecule has 1 unspecified atom stereocenters. The number of carbonyl (C=O) groups excluding carboxylic acids is 1. The number of alkyl halides is 1. The van der Waals surface area contributed by atoms with Crippen molar-refractivity contribution in [3.63, 3.8) is 0 Å². The highest BCUT2D eigenvalue weighted by Gasteiger charge is 2.61. The van der Waals surface area contributed by atoms with Crippen LogP contribution in [0.4, 0.5) is 15.9 Å². The topological polar surface area (TPSA) is 104 Å². The number of pyridine rings is 1. The van der Waals surface area contributed by atoms with Crippen LogP contribution in [0.25, 0.3) is 11.0 Å². The molecule has 0 amide bonds. The Kier molecular flexibility index (Phi) is 5.05. The number of carbonyl (C=O) groups is 1. The van der Waals surface area contributed by atoms with Gasteiger partial charge in [-0.3, -0.25) is 4.79 Å². The largest absolute Gasteiger partial charge is 0.407 e. The molecule has 3 aromatic rings. The van der Waals surface area contributed by atoms with Gasteiger partial charge in [0.2, 0.25) is 5.88 Å². The van der Waals surface area contributed by atoms with Gasteiger partial charge in [0.25, 0.3) is 6.47 Å². The van der Waals surface area contributed by atoms with Crippen molar-refractivity contribution in [3.8, 4) is 11.9 Å². The Bertz CT molecular complexity index is 1330. The molecule has 0 bridgehead atoms. The first-order valence-electron chi connectivity index (χ1n) is 10.5. The molecule has 3 heterocycles. The molecule has 2 aromatic heterocycles. The van der Waals surface area contributed by atoms with E-state index in [1.165, 1.54) is 0 Å². The number of anilines is 2. The number of hydrogen-bond donors (Lipinski definition) is 1. The molecule has 1 saturated carbocycles. The van der Waals surface area contributed by atoms with Crippen LogP contribution in [0.1, 0.15) is 36.2 Å². The third-order valence-electron chi connectivity index (χ3n) is 6.21. The lowest BCUT2D eigenvalue weighted by Gasteiger charge is -2.23. The Morgan fingerprint density at radius 3 is 2.91 bits per heavy atom. The molecule has 0 spiro atoms. The molecular formula is C23H20ClFN6O2. The average Bonchev–Trinajstić information content (AvgIpc) is 3.30. The summed E-state index contributed by atoms with van der Waals surface area (Å²) in [5.41, 5.74) is 2.46. The van der Waals surface area contributed by atoms with Gasteiger partial charge in [-0.1, -0.05) is 17.7 Å². The molecule has 1 aliphatic heterocycles. The summed E-state index contributed by atoms with van der Waals surface area (Å²) in [6.07, 6.45) is 0.568. The summed E-state index contributed by atoms with van der Waals surface area (Å²) in [6.45, 7) is 4.90. The third kappa shape index (κ3) is 3.80. The monoisotopic (exact) mass is 466 g/mol. The number of ether oxygens (including phenoxy) is 1. The zero-order valence-electron chi connectivity index (χ0n) is 18.0. The molecule has 1 aliphatic carbocycles. The Balaban J connectivity index is 1.56. The number of aryl methyl sites for hydroxylation is 1. The first kappa shape index (κ1) is 21.3. The number of aromatic nitrogens is 3. The lowest BCUT2D eigenvalue weighted by atomic mass is 10.0. The van der Waals surface area contributed by atoms with Crippen LogP contribution in [0, 0.1) is 24.2 Å². The van der Waals surface area contributed by atoms with E-state index in [1.54, 1.807) is 12.1 Å². The fourth-order valence-corrected chi connectivity index (χ4v) is 4.64. The van der Waals surface area contributed by atoms with E-state index in [-0.39, 0.29) is 41.7 Å². The van der Waals surface area contributed by atoms with E-state index in [4.69, 9.17) is 21.3 Å². The Labute approximate surface area is 194 Å². The van der Waals surface area contributed by atoms with Crippen LogP contribution in [0.15, 0.2) is 24.3 Å². The molecule has 3 atom stereocenters. The molecule has 8 nitrogen and oxygen atoms in total. The fraction of sp³-hybridized carbons (Fsp3) is 0.348. The number of rotatable bonds is 6. The van der Waals surface area contributed by atoms with Gasteiger partial charge in [0.05, 0.1) is 29.3 Å². The molecule has 1 saturated heterocycles. The zero-order chi connectivity index (χ0) is 23.3. The summed E-state index contributed by atoms with van der Waals surface area (Å²) in [6, 6.07) is 8.93. The molecule has 168 valence electrons. The van der Waals surface area contributed by atoms with Gasteiger partial charge in [0.1, 0.15) is 16.9 Å². The Morgan fingerprint density at radius 1 is 1.39 bits per heavy atom. The number of nitrogens with zero attached hydrogens (tertiary/aromatic N) is 5.